The first-order valence-corrected chi connectivity index (χ1v) is 11.2. The molecule has 2 rings (SSSR count). The van der Waals surface area contributed by atoms with Crippen LogP contribution >= 0.6 is 0 Å². The first kappa shape index (κ1) is 22.0. The van der Waals surface area contributed by atoms with E-state index in [0.29, 0.717) is 5.56 Å². The third kappa shape index (κ3) is 4.95. The Kier molecular flexibility index (Phi) is 6.59. The fourth-order valence-electron chi connectivity index (χ4n) is 2.49. The monoisotopic (exact) mass is 430 g/mol. The minimum absolute atomic E-state index is 0.0310. The van der Waals surface area contributed by atoms with Gasteiger partial charge in [-0.15, -0.1) is 0 Å². The summed E-state index contributed by atoms with van der Waals surface area (Å²) in [6, 6.07) is 4.98. The molecule has 0 radical (unpaired) electrons. The summed E-state index contributed by atoms with van der Waals surface area (Å²) < 4.78 is 57.9. The van der Waals surface area contributed by atoms with Gasteiger partial charge >= 0.3 is 0 Å². The molecule has 0 unspecified atom stereocenters. The van der Waals surface area contributed by atoms with Crippen LogP contribution in [0.1, 0.15) is 23.9 Å². The Hall–Kier alpha value is -2.28. The van der Waals surface area contributed by atoms with Crippen LogP contribution in [0.15, 0.2) is 38.6 Å². The maximum absolute atomic E-state index is 12.4. The third-order valence-electron chi connectivity index (χ3n) is 3.91. The van der Waals surface area contributed by atoms with Crippen molar-refractivity contribution in [1.82, 2.24) is 19.9 Å². The normalized spacial score (nSPS) is 13.3. The van der Waals surface area contributed by atoms with Crippen LogP contribution in [0.5, 0.6) is 0 Å². The van der Waals surface area contributed by atoms with E-state index in [4.69, 9.17) is 4.52 Å². The van der Waals surface area contributed by atoms with Gasteiger partial charge in [0.1, 0.15) is 10.6 Å². The van der Waals surface area contributed by atoms with Crippen LogP contribution in [0.2, 0.25) is 0 Å². The molecule has 2 aromatic rings. The average molecular weight is 431 g/mol. The second-order valence-electron chi connectivity index (χ2n) is 6.07. The minimum atomic E-state index is -3.99. The minimum Gasteiger partial charge on any atom is -0.360 e. The van der Waals surface area contributed by atoms with E-state index in [1.54, 1.807) is 12.1 Å². The lowest BCUT2D eigenvalue weighted by Crippen LogP contribution is -2.44. The molecular formula is C16H22N4O6S2. The van der Waals surface area contributed by atoms with Crippen LogP contribution in [-0.4, -0.2) is 41.0 Å². The maximum atomic E-state index is 12.4. The second-order valence-corrected chi connectivity index (χ2v) is 9.61. The number of rotatable bonds is 8. The molecule has 0 aliphatic rings. The summed E-state index contributed by atoms with van der Waals surface area (Å²) in [5.41, 5.74) is 0.741. The van der Waals surface area contributed by atoms with Gasteiger partial charge in [0.05, 0.1) is 10.9 Å². The lowest BCUT2D eigenvalue weighted by atomic mass is 10.2. The van der Waals surface area contributed by atoms with Gasteiger partial charge in [0, 0.05) is 6.54 Å². The second kappa shape index (κ2) is 8.39. The molecular weight excluding hydrogens is 408 g/mol. The van der Waals surface area contributed by atoms with Crippen molar-refractivity contribution < 1.29 is 26.2 Å². The van der Waals surface area contributed by atoms with Crippen LogP contribution in [0.25, 0.3) is 0 Å². The number of benzene rings is 1. The number of nitrogens with zero attached hydrogens (tertiary/aromatic N) is 1. The number of nitrogens with one attached hydrogen (secondary N) is 3. The van der Waals surface area contributed by atoms with Crippen molar-refractivity contribution in [3.05, 3.63) is 41.3 Å². The molecule has 0 saturated carbocycles. The number of hydrogen-bond acceptors (Lipinski definition) is 7. The Morgan fingerprint density at radius 2 is 1.86 bits per heavy atom. The molecule has 1 aromatic heterocycles. The van der Waals surface area contributed by atoms with Crippen LogP contribution in [0, 0.1) is 13.8 Å². The molecule has 0 bridgehead atoms. The van der Waals surface area contributed by atoms with E-state index in [1.807, 2.05) is 0 Å². The van der Waals surface area contributed by atoms with Crippen LogP contribution in [0.3, 0.4) is 0 Å². The van der Waals surface area contributed by atoms with E-state index >= 15 is 0 Å². The lowest BCUT2D eigenvalue weighted by Gasteiger charge is -2.14. The van der Waals surface area contributed by atoms with Crippen LogP contribution in [-0.2, 0) is 31.4 Å². The highest BCUT2D eigenvalue weighted by atomic mass is 32.2. The summed E-state index contributed by atoms with van der Waals surface area (Å²) >= 11 is 0. The van der Waals surface area contributed by atoms with Crippen molar-refractivity contribution in [1.29, 1.82) is 0 Å². The zero-order valence-electron chi connectivity index (χ0n) is 15.8. The van der Waals surface area contributed by atoms with E-state index in [-0.39, 0.29) is 27.8 Å². The predicted molar refractivity (Wildman–Crippen MR) is 100 cm³/mol. The first-order valence-electron chi connectivity index (χ1n) is 8.23. The summed E-state index contributed by atoms with van der Waals surface area (Å²) in [7, 11) is -6.29. The fraction of sp³-hybridized carbons (Fsp3) is 0.375. The van der Waals surface area contributed by atoms with E-state index < -0.39 is 32.0 Å². The molecule has 0 aliphatic heterocycles. The summed E-state index contributed by atoms with van der Waals surface area (Å²) in [6.45, 7) is 4.38. The van der Waals surface area contributed by atoms with Gasteiger partial charge in [-0.3, -0.25) is 4.79 Å². The quantitative estimate of drug-likeness (QED) is 0.541. The number of aryl methyl sites for hydroxylation is 2. The molecule has 1 amide bonds. The Morgan fingerprint density at radius 3 is 2.43 bits per heavy atom. The number of hydrogen-bond donors (Lipinski definition) is 3. The predicted octanol–water partition coefficient (Wildman–Crippen LogP) is 0.183. The first-order chi connectivity index (χ1) is 13.0. The Balaban J connectivity index is 2.05. The van der Waals surface area contributed by atoms with Crippen molar-refractivity contribution in [2.45, 2.75) is 43.1 Å². The molecule has 28 heavy (non-hydrogen) atoms. The largest absolute Gasteiger partial charge is 0.360 e. The van der Waals surface area contributed by atoms with Gasteiger partial charge in [-0.2, -0.15) is 4.72 Å². The van der Waals surface area contributed by atoms with Gasteiger partial charge in [0.25, 0.3) is 0 Å². The Morgan fingerprint density at radius 1 is 1.18 bits per heavy atom. The highest BCUT2D eigenvalue weighted by Crippen LogP contribution is 2.19. The summed E-state index contributed by atoms with van der Waals surface area (Å²) in [5.74, 6) is -0.447. The van der Waals surface area contributed by atoms with E-state index in [0.717, 1.165) is 0 Å². The van der Waals surface area contributed by atoms with Gasteiger partial charge in [-0.1, -0.05) is 17.3 Å². The SMILES string of the molecule is CNS(=O)(=O)c1cccc(CNC(=O)[C@H](C)NS(=O)(=O)c2c(C)noc2C)c1. The Labute approximate surface area is 163 Å². The molecule has 0 aliphatic carbocycles. The van der Waals surface area contributed by atoms with Crippen molar-refractivity contribution in [3.8, 4) is 0 Å². The van der Waals surface area contributed by atoms with Crippen molar-refractivity contribution in [3.63, 3.8) is 0 Å². The van der Waals surface area contributed by atoms with E-state index in [1.165, 1.54) is 40.0 Å². The zero-order valence-corrected chi connectivity index (χ0v) is 17.4. The fourth-order valence-corrected chi connectivity index (χ4v) is 4.82. The maximum Gasteiger partial charge on any atom is 0.246 e. The summed E-state index contributed by atoms with van der Waals surface area (Å²) in [4.78, 5) is 12.2. The summed E-state index contributed by atoms with van der Waals surface area (Å²) in [5, 5.41) is 6.17. The topological polar surface area (TPSA) is 147 Å². The molecule has 154 valence electrons. The van der Waals surface area contributed by atoms with Gasteiger partial charge in [0.15, 0.2) is 5.76 Å². The number of sulfonamides is 2. The third-order valence-corrected chi connectivity index (χ3v) is 7.10. The molecule has 1 heterocycles. The number of amides is 1. The summed E-state index contributed by atoms with van der Waals surface area (Å²) in [6.07, 6.45) is 0. The average Bonchev–Trinajstić information content (AvgIpc) is 2.98. The van der Waals surface area contributed by atoms with Crippen molar-refractivity contribution >= 4 is 26.0 Å². The molecule has 0 spiro atoms. The van der Waals surface area contributed by atoms with Gasteiger partial charge in [-0.05, 0) is 45.5 Å². The smallest absolute Gasteiger partial charge is 0.246 e. The molecule has 10 nitrogen and oxygen atoms in total. The molecule has 1 aromatic carbocycles. The highest BCUT2D eigenvalue weighted by Gasteiger charge is 2.28. The van der Waals surface area contributed by atoms with Crippen LogP contribution < -0.4 is 14.8 Å². The van der Waals surface area contributed by atoms with Gasteiger partial charge in [-0.25, -0.2) is 21.6 Å². The van der Waals surface area contributed by atoms with E-state index in [2.05, 4.69) is 19.9 Å². The number of aromatic nitrogens is 1. The molecule has 1 atom stereocenters. The molecule has 3 N–H and O–H groups in total. The van der Waals surface area contributed by atoms with Crippen molar-refractivity contribution in [2.24, 2.45) is 0 Å². The molecule has 0 fully saturated rings. The van der Waals surface area contributed by atoms with E-state index in [9.17, 15) is 21.6 Å². The standard InChI is InChI=1S/C16H22N4O6S2/c1-10-15(12(3)26-19-10)28(24,25)20-11(2)16(21)18-9-13-6-5-7-14(8-13)27(22,23)17-4/h5-8,11,17,20H,9H2,1-4H3,(H,18,21)/t11-/m0/s1. The number of carbonyl (C=O) groups is 1. The van der Waals surface area contributed by atoms with Crippen LogP contribution in [0.4, 0.5) is 0 Å². The number of carbonyl (C=O) groups excluding carboxylic acids is 1. The highest BCUT2D eigenvalue weighted by molar-refractivity contribution is 7.89. The van der Waals surface area contributed by atoms with Crippen molar-refractivity contribution in [2.75, 3.05) is 7.05 Å². The molecule has 0 saturated heterocycles. The van der Waals surface area contributed by atoms with Gasteiger partial charge in [0.2, 0.25) is 26.0 Å². The zero-order chi connectivity index (χ0) is 21.1. The lowest BCUT2D eigenvalue weighted by molar-refractivity contribution is -0.122. The van der Waals surface area contributed by atoms with Gasteiger partial charge < -0.3 is 9.84 Å². The molecule has 12 heteroatoms. The Bertz CT molecular complexity index is 1060.